The standard InChI is InChI=1S/C12H10Br2O2S/c1-16-9-3-2-7(6-8(9)13)12(15)10-4-5-11(14)17-10/h2-6,12,15H,1H3. The maximum Gasteiger partial charge on any atom is 0.133 e. The molecule has 17 heavy (non-hydrogen) atoms. The third kappa shape index (κ3) is 2.91. The summed E-state index contributed by atoms with van der Waals surface area (Å²) in [5.74, 6) is 0.758. The Balaban J connectivity index is 2.31. The second-order valence-electron chi connectivity index (χ2n) is 3.44. The molecule has 0 amide bonds. The zero-order valence-electron chi connectivity index (χ0n) is 8.98. The Bertz CT molecular complexity index is 525. The first kappa shape index (κ1) is 13.1. The number of hydrogen-bond donors (Lipinski definition) is 1. The van der Waals surface area contributed by atoms with E-state index in [0.717, 1.165) is 24.4 Å². The van der Waals surface area contributed by atoms with Gasteiger partial charge in [-0.05, 0) is 61.7 Å². The molecule has 0 saturated heterocycles. The van der Waals surface area contributed by atoms with Gasteiger partial charge in [0.2, 0.25) is 0 Å². The average molecular weight is 378 g/mol. The van der Waals surface area contributed by atoms with Gasteiger partial charge in [-0.2, -0.15) is 0 Å². The number of aliphatic hydroxyl groups excluding tert-OH is 1. The smallest absolute Gasteiger partial charge is 0.133 e. The van der Waals surface area contributed by atoms with Gasteiger partial charge in [0.05, 0.1) is 15.4 Å². The number of ether oxygens (including phenoxy) is 1. The molecule has 2 aromatic rings. The number of rotatable bonds is 3. The van der Waals surface area contributed by atoms with E-state index in [1.54, 1.807) is 7.11 Å². The summed E-state index contributed by atoms with van der Waals surface area (Å²) in [5.41, 5.74) is 0.840. The summed E-state index contributed by atoms with van der Waals surface area (Å²) in [5, 5.41) is 10.2. The Hall–Kier alpha value is -0.360. The fraction of sp³-hybridized carbons (Fsp3) is 0.167. The van der Waals surface area contributed by atoms with Crippen LogP contribution in [0.3, 0.4) is 0 Å². The molecule has 0 fully saturated rings. The highest BCUT2D eigenvalue weighted by Crippen LogP contribution is 2.34. The van der Waals surface area contributed by atoms with Crippen molar-refractivity contribution >= 4 is 43.2 Å². The van der Waals surface area contributed by atoms with Gasteiger partial charge in [0.1, 0.15) is 11.9 Å². The first-order chi connectivity index (χ1) is 8.11. The summed E-state index contributed by atoms with van der Waals surface area (Å²) < 4.78 is 7.01. The minimum atomic E-state index is -0.603. The van der Waals surface area contributed by atoms with Crippen molar-refractivity contribution in [3.63, 3.8) is 0 Å². The third-order valence-electron chi connectivity index (χ3n) is 2.36. The van der Waals surface area contributed by atoms with Gasteiger partial charge < -0.3 is 9.84 Å². The number of aliphatic hydroxyl groups is 1. The molecule has 1 atom stereocenters. The van der Waals surface area contributed by atoms with E-state index >= 15 is 0 Å². The van der Waals surface area contributed by atoms with Gasteiger partial charge in [-0.1, -0.05) is 6.07 Å². The van der Waals surface area contributed by atoms with Crippen molar-refractivity contribution in [3.05, 3.63) is 49.0 Å². The highest BCUT2D eigenvalue weighted by atomic mass is 79.9. The first-order valence-corrected chi connectivity index (χ1v) is 7.29. The fourth-order valence-corrected chi connectivity index (χ4v) is 3.49. The van der Waals surface area contributed by atoms with Crippen molar-refractivity contribution in [1.82, 2.24) is 0 Å². The van der Waals surface area contributed by atoms with Crippen LogP contribution in [0.4, 0.5) is 0 Å². The van der Waals surface area contributed by atoms with E-state index in [2.05, 4.69) is 31.9 Å². The zero-order chi connectivity index (χ0) is 12.4. The monoisotopic (exact) mass is 376 g/mol. The lowest BCUT2D eigenvalue weighted by Crippen LogP contribution is -1.97. The summed E-state index contributed by atoms with van der Waals surface area (Å²) in [6, 6.07) is 9.42. The molecule has 90 valence electrons. The number of halogens is 2. The molecule has 0 aliphatic heterocycles. The van der Waals surface area contributed by atoms with Crippen molar-refractivity contribution in [1.29, 1.82) is 0 Å². The van der Waals surface area contributed by atoms with Gasteiger partial charge in [-0.3, -0.25) is 0 Å². The molecule has 1 aromatic heterocycles. The number of hydrogen-bond acceptors (Lipinski definition) is 3. The van der Waals surface area contributed by atoms with Crippen molar-refractivity contribution in [2.24, 2.45) is 0 Å². The summed E-state index contributed by atoms with van der Waals surface area (Å²) >= 11 is 8.33. The molecule has 0 bridgehead atoms. The van der Waals surface area contributed by atoms with Crippen molar-refractivity contribution < 1.29 is 9.84 Å². The number of methoxy groups -OCH3 is 1. The van der Waals surface area contributed by atoms with Crippen molar-refractivity contribution in [3.8, 4) is 5.75 Å². The summed E-state index contributed by atoms with van der Waals surface area (Å²) in [6.07, 6.45) is -0.603. The van der Waals surface area contributed by atoms with E-state index in [9.17, 15) is 5.11 Å². The van der Waals surface area contributed by atoms with Crippen LogP contribution in [-0.2, 0) is 0 Å². The van der Waals surface area contributed by atoms with Crippen LogP contribution in [0.2, 0.25) is 0 Å². The Morgan fingerprint density at radius 2 is 2.00 bits per heavy atom. The molecule has 1 N–H and O–H groups in total. The molecule has 2 rings (SSSR count). The van der Waals surface area contributed by atoms with Crippen LogP contribution in [0.1, 0.15) is 16.5 Å². The maximum atomic E-state index is 10.2. The fourth-order valence-electron chi connectivity index (χ4n) is 1.49. The Kier molecular flexibility index (Phi) is 4.25. The second-order valence-corrected chi connectivity index (χ2v) is 6.79. The minimum Gasteiger partial charge on any atom is -0.496 e. The van der Waals surface area contributed by atoms with Crippen LogP contribution in [0.25, 0.3) is 0 Å². The summed E-state index contributed by atoms with van der Waals surface area (Å²) in [6.45, 7) is 0. The lowest BCUT2D eigenvalue weighted by atomic mass is 10.1. The van der Waals surface area contributed by atoms with Gasteiger partial charge in [0, 0.05) is 4.88 Å². The molecule has 0 aliphatic carbocycles. The molecule has 0 radical (unpaired) electrons. The highest BCUT2D eigenvalue weighted by Gasteiger charge is 2.14. The van der Waals surface area contributed by atoms with E-state index in [0.29, 0.717) is 0 Å². The molecule has 5 heteroatoms. The number of benzene rings is 1. The Morgan fingerprint density at radius 1 is 1.24 bits per heavy atom. The summed E-state index contributed by atoms with van der Waals surface area (Å²) in [4.78, 5) is 0.911. The SMILES string of the molecule is COc1ccc(C(O)c2ccc(Br)s2)cc1Br. The van der Waals surface area contributed by atoms with E-state index in [-0.39, 0.29) is 0 Å². The van der Waals surface area contributed by atoms with Gasteiger partial charge in [-0.15, -0.1) is 11.3 Å². The third-order valence-corrected chi connectivity index (χ3v) is 4.65. The lowest BCUT2D eigenvalue weighted by Gasteiger charge is -2.11. The molecule has 2 nitrogen and oxygen atoms in total. The maximum absolute atomic E-state index is 10.2. The average Bonchev–Trinajstić information content (AvgIpc) is 2.75. The van der Waals surface area contributed by atoms with Crippen molar-refractivity contribution in [2.75, 3.05) is 7.11 Å². The van der Waals surface area contributed by atoms with Gasteiger partial charge >= 0.3 is 0 Å². The number of thiophene rings is 1. The molecule has 0 saturated carbocycles. The Labute approximate surface area is 121 Å². The predicted octanol–water partition coefficient (Wildman–Crippen LogP) is 4.36. The van der Waals surface area contributed by atoms with Gasteiger partial charge in [-0.25, -0.2) is 0 Å². The van der Waals surface area contributed by atoms with Gasteiger partial charge in [0.25, 0.3) is 0 Å². The molecule has 1 unspecified atom stereocenters. The van der Waals surface area contributed by atoms with E-state index in [4.69, 9.17) is 4.74 Å². The molecular formula is C12H10Br2O2S. The van der Waals surface area contributed by atoms with Gasteiger partial charge in [0.15, 0.2) is 0 Å². The zero-order valence-corrected chi connectivity index (χ0v) is 13.0. The van der Waals surface area contributed by atoms with E-state index in [1.165, 1.54) is 11.3 Å². The lowest BCUT2D eigenvalue weighted by molar-refractivity contribution is 0.224. The van der Waals surface area contributed by atoms with Crippen LogP contribution in [0, 0.1) is 0 Å². The minimum absolute atomic E-state index is 0.603. The predicted molar refractivity (Wildman–Crippen MR) is 76.8 cm³/mol. The molecular weight excluding hydrogens is 368 g/mol. The van der Waals surface area contributed by atoms with Crippen LogP contribution in [0.5, 0.6) is 5.75 Å². The molecule has 1 aromatic carbocycles. The molecule has 0 aliphatic rings. The first-order valence-electron chi connectivity index (χ1n) is 4.88. The molecule has 1 heterocycles. The van der Waals surface area contributed by atoms with Crippen molar-refractivity contribution in [2.45, 2.75) is 6.10 Å². The largest absolute Gasteiger partial charge is 0.496 e. The van der Waals surface area contributed by atoms with E-state index in [1.807, 2.05) is 30.3 Å². The topological polar surface area (TPSA) is 29.5 Å². The van der Waals surface area contributed by atoms with E-state index < -0.39 is 6.10 Å². The van der Waals surface area contributed by atoms with Crippen LogP contribution < -0.4 is 4.74 Å². The molecule has 0 spiro atoms. The highest BCUT2D eigenvalue weighted by molar-refractivity contribution is 9.11. The quantitative estimate of drug-likeness (QED) is 0.860. The van der Waals surface area contributed by atoms with Crippen LogP contribution in [-0.4, -0.2) is 12.2 Å². The Morgan fingerprint density at radius 3 is 2.53 bits per heavy atom. The normalized spacial score (nSPS) is 12.5. The second kappa shape index (κ2) is 5.52. The summed E-state index contributed by atoms with van der Waals surface area (Å²) in [7, 11) is 1.62. The van der Waals surface area contributed by atoms with Crippen LogP contribution >= 0.6 is 43.2 Å². The van der Waals surface area contributed by atoms with Crippen LogP contribution in [0.15, 0.2) is 38.6 Å².